The summed E-state index contributed by atoms with van der Waals surface area (Å²) in [5, 5.41) is 3.89. The van der Waals surface area contributed by atoms with Gasteiger partial charge in [-0.25, -0.2) is 0 Å². The molecule has 0 atom stereocenters. The van der Waals surface area contributed by atoms with E-state index in [0.717, 1.165) is 15.8 Å². The number of nitrogens with two attached hydrogens (primary N) is 1. The summed E-state index contributed by atoms with van der Waals surface area (Å²) >= 11 is 9.32. The predicted molar refractivity (Wildman–Crippen MR) is 79.8 cm³/mol. The first-order valence-electron chi connectivity index (χ1n) is 5.26. The Bertz CT molecular complexity index is 575. The van der Waals surface area contributed by atoms with Crippen LogP contribution in [0.15, 0.2) is 40.9 Å². The summed E-state index contributed by atoms with van der Waals surface area (Å²) in [6, 6.07) is 11.2. The summed E-state index contributed by atoms with van der Waals surface area (Å²) in [6.45, 7) is 0. The average Bonchev–Trinajstić information content (AvgIpc) is 2.36. The van der Waals surface area contributed by atoms with Gasteiger partial charge in [-0.2, -0.15) is 0 Å². The maximum absolute atomic E-state index is 5.98. The summed E-state index contributed by atoms with van der Waals surface area (Å²) in [5.74, 6) is 0.646. The van der Waals surface area contributed by atoms with Crippen LogP contribution in [0, 0.1) is 0 Å². The highest BCUT2D eigenvalue weighted by Crippen LogP contribution is 2.33. The van der Waals surface area contributed by atoms with E-state index in [1.165, 1.54) is 0 Å². The van der Waals surface area contributed by atoms with Crippen LogP contribution in [0.2, 0.25) is 5.02 Å². The Morgan fingerprint density at radius 3 is 2.72 bits per heavy atom. The molecule has 0 radical (unpaired) electrons. The highest BCUT2D eigenvalue weighted by Gasteiger charge is 2.06. The zero-order valence-electron chi connectivity index (χ0n) is 9.71. The summed E-state index contributed by atoms with van der Waals surface area (Å²) in [4.78, 5) is 0. The van der Waals surface area contributed by atoms with Crippen molar-refractivity contribution in [3.63, 3.8) is 0 Å². The van der Waals surface area contributed by atoms with Gasteiger partial charge in [0.2, 0.25) is 0 Å². The maximum atomic E-state index is 5.98. The highest BCUT2D eigenvalue weighted by atomic mass is 79.9. The second-order valence-corrected chi connectivity index (χ2v) is 4.94. The fourth-order valence-corrected chi connectivity index (χ4v) is 2.06. The number of benzene rings is 2. The van der Waals surface area contributed by atoms with Crippen LogP contribution in [0.3, 0.4) is 0 Å². The van der Waals surface area contributed by atoms with Gasteiger partial charge < -0.3 is 15.8 Å². The van der Waals surface area contributed by atoms with E-state index in [1.54, 1.807) is 7.11 Å². The zero-order chi connectivity index (χ0) is 13.1. The van der Waals surface area contributed by atoms with Gasteiger partial charge in [0.25, 0.3) is 0 Å². The number of hydrogen-bond donors (Lipinski definition) is 2. The molecular formula is C13H12BrClN2O. The molecule has 0 amide bonds. The van der Waals surface area contributed by atoms with Crippen molar-refractivity contribution in [1.29, 1.82) is 0 Å². The molecule has 0 bridgehead atoms. The van der Waals surface area contributed by atoms with Crippen molar-refractivity contribution in [3.8, 4) is 5.75 Å². The van der Waals surface area contributed by atoms with E-state index in [1.807, 2.05) is 36.4 Å². The molecule has 0 heterocycles. The molecule has 2 aromatic carbocycles. The molecule has 0 aliphatic carbocycles. The molecule has 94 valence electrons. The second kappa shape index (κ2) is 5.50. The minimum absolute atomic E-state index is 0.575. The van der Waals surface area contributed by atoms with E-state index in [0.29, 0.717) is 16.5 Å². The van der Waals surface area contributed by atoms with Crippen LogP contribution < -0.4 is 15.8 Å². The maximum Gasteiger partial charge on any atom is 0.143 e. The minimum atomic E-state index is 0.575. The predicted octanol–water partition coefficient (Wildman–Crippen LogP) is 4.44. The van der Waals surface area contributed by atoms with Crippen molar-refractivity contribution in [2.24, 2.45) is 0 Å². The SMILES string of the molecule is COc1cccc(Nc2ccc(Cl)c(Br)c2)c1N. The van der Waals surface area contributed by atoms with Crippen molar-refractivity contribution in [1.82, 2.24) is 0 Å². The molecule has 3 N–H and O–H groups in total. The summed E-state index contributed by atoms with van der Waals surface area (Å²) in [6.07, 6.45) is 0. The summed E-state index contributed by atoms with van der Waals surface area (Å²) < 4.78 is 6.00. The van der Waals surface area contributed by atoms with Gasteiger partial charge in [-0.3, -0.25) is 0 Å². The number of halogens is 2. The first kappa shape index (κ1) is 13.1. The van der Waals surface area contributed by atoms with Crippen molar-refractivity contribution >= 4 is 44.6 Å². The number of methoxy groups -OCH3 is 1. The number of hydrogen-bond acceptors (Lipinski definition) is 3. The number of para-hydroxylation sites is 1. The molecule has 2 aromatic rings. The lowest BCUT2D eigenvalue weighted by atomic mass is 10.2. The fraction of sp³-hybridized carbons (Fsp3) is 0.0769. The van der Waals surface area contributed by atoms with E-state index in [2.05, 4.69) is 21.2 Å². The molecule has 2 rings (SSSR count). The molecule has 0 spiro atoms. The van der Waals surface area contributed by atoms with Crippen LogP contribution in [-0.2, 0) is 0 Å². The fourth-order valence-electron chi connectivity index (χ4n) is 1.56. The average molecular weight is 328 g/mol. The second-order valence-electron chi connectivity index (χ2n) is 3.68. The van der Waals surface area contributed by atoms with Gasteiger partial charge in [-0.05, 0) is 46.3 Å². The zero-order valence-corrected chi connectivity index (χ0v) is 12.0. The molecule has 0 saturated carbocycles. The van der Waals surface area contributed by atoms with E-state index < -0.39 is 0 Å². The molecule has 18 heavy (non-hydrogen) atoms. The van der Waals surface area contributed by atoms with Crippen molar-refractivity contribution in [2.45, 2.75) is 0 Å². The number of nitrogen functional groups attached to an aromatic ring is 1. The van der Waals surface area contributed by atoms with Gasteiger partial charge >= 0.3 is 0 Å². The Morgan fingerprint density at radius 2 is 2.06 bits per heavy atom. The molecule has 5 heteroatoms. The molecule has 0 unspecified atom stereocenters. The van der Waals surface area contributed by atoms with Gasteiger partial charge in [0.15, 0.2) is 0 Å². The van der Waals surface area contributed by atoms with Crippen molar-refractivity contribution in [3.05, 3.63) is 45.9 Å². The van der Waals surface area contributed by atoms with Gasteiger partial charge in [-0.15, -0.1) is 0 Å². The van der Waals surface area contributed by atoms with Crippen LogP contribution in [0.4, 0.5) is 17.1 Å². The molecule has 3 nitrogen and oxygen atoms in total. The third-order valence-corrected chi connectivity index (χ3v) is 3.70. The van der Waals surface area contributed by atoms with E-state index in [-0.39, 0.29) is 0 Å². The van der Waals surface area contributed by atoms with Gasteiger partial charge in [-0.1, -0.05) is 17.7 Å². The molecule has 0 aliphatic heterocycles. The van der Waals surface area contributed by atoms with E-state index in [4.69, 9.17) is 22.1 Å². The largest absolute Gasteiger partial charge is 0.495 e. The summed E-state index contributed by atoms with van der Waals surface area (Å²) in [7, 11) is 1.59. The third kappa shape index (κ3) is 2.71. The Hall–Kier alpha value is -1.39. The molecular weight excluding hydrogens is 316 g/mol. The topological polar surface area (TPSA) is 47.3 Å². The third-order valence-electron chi connectivity index (χ3n) is 2.48. The van der Waals surface area contributed by atoms with Crippen LogP contribution in [0.5, 0.6) is 5.75 Å². The van der Waals surface area contributed by atoms with Crippen molar-refractivity contribution in [2.75, 3.05) is 18.2 Å². The normalized spacial score (nSPS) is 10.2. The van der Waals surface area contributed by atoms with Gasteiger partial charge in [0.1, 0.15) is 5.75 Å². The van der Waals surface area contributed by atoms with Gasteiger partial charge in [0.05, 0.1) is 23.5 Å². The monoisotopic (exact) mass is 326 g/mol. The van der Waals surface area contributed by atoms with Crippen LogP contribution in [0.25, 0.3) is 0 Å². The van der Waals surface area contributed by atoms with Crippen molar-refractivity contribution < 1.29 is 4.74 Å². The van der Waals surface area contributed by atoms with E-state index in [9.17, 15) is 0 Å². The molecule has 0 aromatic heterocycles. The summed E-state index contributed by atoms with van der Waals surface area (Å²) in [5.41, 5.74) is 8.25. The molecule has 0 fully saturated rings. The Kier molecular flexibility index (Phi) is 3.99. The smallest absolute Gasteiger partial charge is 0.143 e. The number of anilines is 3. The Morgan fingerprint density at radius 1 is 1.28 bits per heavy atom. The first-order chi connectivity index (χ1) is 8.61. The lowest BCUT2D eigenvalue weighted by Gasteiger charge is -2.12. The first-order valence-corrected chi connectivity index (χ1v) is 6.43. The molecule has 0 saturated heterocycles. The molecule has 0 aliphatic rings. The number of nitrogens with one attached hydrogen (secondary N) is 1. The minimum Gasteiger partial charge on any atom is -0.495 e. The Labute approximate surface area is 119 Å². The Balaban J connectivity index is 2.31. The number of rotatable bonds is 3. The van der Waals surface area contributed by atoms with E-state index >= 15 is 0 Å². The number of ether oxygens (including phenoxy) is 1. The lowest BCUT2D eigenvalue weighted by Crippen LogP contribution is -1.98. The lowest BCUT2D eigenvalue weighted by molar-refractivity contribution is 0.417. The van der Waals surface area contributed by atoms with Crippen LogP contribution in [-0.4, -0.2) is 7.11 Å². The highest BCUT2D eigenvalue weighted by molar-refractivity contribution is 9.10. The quantitative estimate of drug-likeness (QED) is 0.819. The van der Waals surface area contributed by atoms with Gasteiger partial charge in [0, 0.05) is 10.2 Å². The standard InChI is InChI=1S/C13H12BrClN2O/c1-18-12-4-2-3-11(13(12)16)17-8-5-6-10(15)9(14)7-8/h2-7,17H,16H2,1H3. The van der Waals surface area contributed by atoms with Crippen LogP contribution >= 0.6 is 27.5 Å². The van der Waals surface area contributed by atoms with Crippen LogP contribution in [0.1, 0.15) is 0 Å².